The van der Waals surface area contributed by atoms with Gasteiger partial charge in [0.2, 0.25) is 0 Å². The third kappa shape index (κ3) is 3.87. The summed E-state index contributed by atoms with van der Waals surface area (Å²) in [5, 5.41) is 11.0. The molecule has 1 heterocycles. The van der Waals surface area contributed by atoms with Gasteiger partial charge in [-0.3, -0.25) is 14.9 Å². The van der Waals surface area contributed by atoms with E-state index in [1.165, 1.54) is 17.0 Å². The molecule has 22 heavy (non-hydrogen) atoms. The first-order valence-electron chi connectivity index (χ1n) is 6.25. The van der Waals surface area contributed by atoms with Gasteiger partial charge in [0.15, 0.2) is 0 Å². The number of hydrogen-bond acceptors (Lipinski definition) is 4. The molecular weight excluding hydrogens is 376 g/mol. The third-order valence-electron chi connectivity index (χ3n) is 3.29. The number of nitrogens with zero attached hydrogens (tertiary/aromatic N) is 3. The van der Waals surface area contributed by atoms with E-state index in [-0.39, 0.29) is 10.7 Å². The predicted octanol–water partition coefficient (Wildman–Crippen LogP) is 3.27. The van der Waals surface area contributed by atoms with Crippen LogP contribution in [0.4, 0.5) is 11.4 Å². The van der Waals surface area contributed by atoms with Gasteiger partial charge in [0, 0.05) is 38.3 Å². The minimum absolute atomic E-state index is 0.0706. The Morgan fingerprint density at radius 3 is 2.23 bits per heavy atom. The van der Waals surface area contributed by atoms with Crippen LogP contribution in [-0.2, 0) is 4.79 Å². The van der Waals surface area contributed by atoms with Crippen molar-refractivity contribution >= 4 is 63.7 Å². The number of alkyl halides is 3. The molecule has 0 atom stereocenters. The van der Waals surface area contributed by atoms with Crippen LogP contribution < -0.4 is 4.90 Å². The van der Waals surface area contributed by atoms with Crippen molar-refractivity contribution in [3.8, 4) is 0 Å². The fraction of sp³-hybridized carbons (Fsp3) is 0.417. The molecule has 1 saturated heterocycles. The summed E-state index contributed by atoms with van der Waals surface area (Å²) in [5.74, 6) is -0.563. The maximum Gasteiger partial charge on any atom is 0.274 e. The van der Waals surface area contributed by atoms with E-state index < -0.39 is 14.6 Å². The number of piperazine rings is 1. The summed E-state index contributed by atoms with van der Waals surface area (Å²) in [6.45, 7) is 1.73. The van der Waals surface area contributed by atoms with E-state index in [0.29, 0.717) is 31.9 Å². The number of anilines is 1. The van der Waals surface area contributed by atoms with Crippen molar-refractivity contribution in [1.82, 2.24) is 4.90 Å². The zero-order valence-electron chi connectivity index (χ0n) is 11.1. The summed E-state index contributed by atoms with van der Waals surface area (Å²) in [4.78, 5) is 25.4. The summed E-state index contributed by atoms with van der Waals surface area (Å²) in [7, 11) is 0. The van der Waals surface area contributed by atoms with Crippen LogP contribution in [0.15, 0.2) is 18.2 Å². The quantitative estimate of drug-likeness (QED) is 0.444. The Hall–Kier alpha value is -0.950. The molecule has 1 aromatic carbocycles. The molecule has 1 fully saturated rings. The predicted molar refractivity (Wildman–Crippen MR) is 87.2 cm³/mol. The average Bonchev–Trinajstić information content (AvgIpc) is 2.45. The number of carbonyl (C=O) groups excluding carboxylic acids is 1. The molecule has 10 heteroatoms. The van der Waals surface area contributed by atoms with Gasteiger partial charge >= 0.3 is 0 Å². The number of hydrogen-bond donors (Lipinski definition) is 0. The average molecular weight is 387 g/mol. The minimum atomic E-state index is -1.97. The molecule has 2 rings (SSSR count). The van der Waals surface area contributed by atoms with Crippen molar-refractivity contribution < 1.29 is 9.72 Å². The molecule has 0 unspecified atom stereocenters. The van der Waals surface area contributed by atoms with E-state index in [9.17, 15) is 14.9 Å². The number of halogens is 4. The van der Waals surface area contributed by atoms with Gasteiger partial charge in [-0.1, -0.05) is 46.4 Å². The minimum Gasteiger partial charge on any atom is -0.367 e. The highest BCUT2D eigenvalue weighted by atomic mass is 35.6. The Kier molecular flexibility index (Phi) is 5.27. The molecule has 0 aromatic heterocycles. The molecule has 1 amide bonds. The number of non-ortho nitro benzene ring substituents is 1. The second-order valence-corrected chi connectivity index (χ2v) is 7.36. The standard InChI is InChI=1S/C12H11Cl4N3O3/c13-9-7-8(19(21)22)1-2-10(9)17-3-5-18(6-4-17)11(20)12(14,15)16/h1-2,7H,3-6H2. The molecule has 0 radical (unpaired) electrons. The molecule has 0 saturated carbocycles. The summed E-state index contributed by atoms with van der Waals surface area (Å²) in [6.07, 6.45) is 0. The summed E-state index contributed by atoms with van der Waals surface area (Å²) in [5.41, 5.74) is 0.604. The molecule has 1 aliphatic heterocycles. The van der Waals surface area contributed by atoms with Gasteiger partial charge < -0.3 is 9.80 Å². The van der Waals surface area contributed by atoms with Gasteiger partial charge in [-0.2, -0.15) is 0 Å². The number of rotatable bonds is 2. The molecule has 0 bridgehead atoms. The molecular formula is C12H11Cl4N3O3. The zero-order valence-corrected chi connectivity index (χ0v) is 14.2. The normalized spacial score (nSPS) is 15.8. The summed E-state index contributed by atoms with van der Waals surface area (Å²) >= 11 is 22.8. The van der Waals surface area contributed by atoms with Crippen LogP contribution in [0.3, 0.4) is 0 Å². The van der Waals surface area contributed by atoms with Crippen LogP contribution in [0.2, 0.25) is 5.02 Å². The fourth-order valence-electron chi connectivity index (χ4n) is 2.20. The summed E-state index contributed by atoms with van der Waals surface area (Å²) < 4.78 is -1.97. The molecule has 0 N–H and O–H groups in total. The van der Waals surface area contributed by atoms with E-state index in [4.69, 9.17) is 46.4 Å². The molecule has 120 valence electrons. The zero-order chi connectivity index (χ0) is 16.5. The van der Waals surface area contributed by atoms with E-state index in [1.54, 1.807) is 6.07 Å². The van der Waals surface area contributed by atoms with Crippen LogP contribution in [0.25, 0.3) is 0 Å². The lowest BCUT2D eigenvalue weighted by Crippen LogP contribution is -2.51. The van der Waals surface area contributed by atoms with Crippen molar-refractivity contribution in [1.29, 1.82) is 0 Å². The summed E-state index contributed by atoms with van der Waals surface area (Å²) in [6, 6.07) is 4.28. The first-order chi connectivity index (χ1) is 10.2. The Morgan fingerprint density at radius 2 is 1.77 bits per heavy atom. The van der Waals surface area contributed by atoms with E-state index in [1.807, 2.05) is 4.90 Å². The Morgan fingerprint density at radius 1 is 1.18 bits per heavy atom. The van der Waals surface area contributed by atoms with E-state index in [0.717, 1.165) is 0 Å². The molecule has 1 aliphatic rings. The number of carbonyl (C=O) groups is 1. The lowest BCUT2D eigenvalue weighted by molar-refractivity contribution is -0.384. The van der Waals surface area contributed by atoms with Crippen LogP contribution in [0, 0.1) is 10.1 Å². The van der Waals surface area contributed by atoms with Gasteiger partial charge in [0.05, 0.1) is 15.6 Å². The van der Waals surface area contributed by atoms with E-state index >= 15 is 0 Å². The van der Waals surface area contributed by atoms with E-state index in [2.05, 4.69) is 0 Å². The fourth-order valence-corrected chi connectivity index (χ4v) is 2.85. The lowest BCUT2D eigenvalue weighted by atomic mass is 10.2. The van der Waals surface area contributed by atoms with Crippen LogP contribution in [0.1, 0.15) is 0 Å². The smallest absolute Gasteiger partial charge is 0.274 e. The van der Waals surface area contributed by atoms with Gasteiger partial charge in [-0.15, -0.1) is 0 Å². The second kappa shape index (κ2) is 6.66. The van der Waals surface area contributed by atoms with Gasteiger partial charge in [0.1, 0.15) is 0 Å². The number of amides is 1. The van der Waals surface area contributed by atoms with Crippen molar-refractivity contribution in [3.05, 3.63) is 33.3 Å². The monoisotopic (exact) mass is 385 g/mol. The first kappa shape index (κ1) is 17.4. The maximum absolute atomic E-state index is 11.9. The highest BCUT2D eigenvalue weighted by Gasteiger charge is 2.36. The van der Waals surface area contributed by atoms with Crippen molar-refractivity contribution in [2.24, 2.45) is 0 Å². The number of nitro benzene ring substituents is 1. The van der Waals surface area contributed by atoms with Crippen molar-refractivity contribution in [2.75, 3.05) is 31.1 Å². The largest absolute Gasteiger partial charge is 0.367 e. The first-order valence-corrected chi connectivity index (χ1v) is 7.76. The van der Waals surface area contributed by atoms with Crippen LogP contribution >= 0.6 is 46.4 Å². The Bertz CT molecular complexity index is 598. The molecule has 0 spiro atoms. The lowest BCUT2D eigenvalue weighted by Gasteiger charge is -2.37. The maximum atomic E-state index is 11.9. The molecule has 1 aromatic rings. The van der Waals surface area contributed by atoms with Crippen molar-refractivity contribution in [3.63, 3.8) is 0 Å². The third-order valence-corrected chi connectivity index (χ3v) is 4.08. The highest BCUT2D eigenvalue weighted by molar-refractivity contribution is 6.76. The molecule has 6 nitrogen and oxygen atoms in total. The van der Waals surface area contributed by atoms with Gasteiger partial charge in [0.25, 0.3) is 15.4 Å². The topological polar surface area (TPSA) is 66.7 Å². The van der Waals surface area contributed by atoms with Crippen LogP contribution in [0.5, 0.6) is 0 Å². The van der Waals surface area contributed by atoms with Gasteiger partial charge in [-0.25, -0.2) is 0 Å². The Balaban J connectivity index is 2.06. The Labute approximate surface area is 146 Å². The molecule has 0 aliphatic carbocycles. The highest BCUT2D eigenvalue weighted by Crippen LogP contribution is 2.32. The SMILES string of the molecule is O=C(N1CCN(c2ccc([N+](=O)[O-])cc2Cl)CC1)C(Cl)(Cl)Cl. The number of benzene rings is 1. The number of nitro groups is 1. The van der Waals surface area contributed by atoms with Crippen molar-refractivity contribution in [2.45, 2.75) is 3.79 Å². The second-order valence-electron chi connectivity index (χ2n) is 4.67. The van der Waals surface area contributed by atoms with Crippen LogP contribution in [-0.4, -0.2) is 45.7 Å². The van der Waals surface area contributed by atoms with Gasteiger partial charge in [-0.05, 0) is 6.07 Å².